The Hall–Kier alpha value is -2.06. The Bertz CT molecular complexity index is 707. The van der Waals surface area contributed by atoms with Crippen LogP contribution in [-0.4, -0.2) is 43.3 Å². The molecule has 1 amide bonds. The van der Waals surface area contributed by atoms with E-state index in [1.54, 1.807) is 29.2 Å². The van der Waals surface area contributed by atoms with Crippen LogP contribution in [0.2, 0.25) is 0 Å². The highest BCUT2D eigenvalue weighted by atomic mass is 32.1. The summed E-state index contributed by atoms with van der Waals surface area (Å²) in [5.41, 5.74) is 0.744. The largest absolute Gasteiger partial charge is 0.573 e. The molecule has 1 aliphatic rings. The molecule has 2 heterocycles. The van der Waals surface area contributed by atoms with Gasteiger partial charge < -0.3 is 15.0 Å². The first-order chi connectivity index (χ1) is 11.4. The summed E-state index contributed by atoms with van der Waals surface area (Å²) in [4.78, 5) is 15.7. The predicted octanol–water partition coefficient (Wildman–Crippen LogP) is 3.36. The molecule has 0 unspecified atom stereocenters. The lowest BCUT2D eigenvalue weighted by Crippen LogP contribution is -2.46. The third-order valence-electron chi connectivity index (χ3n) is 3.59. The zero-order chi connectivity index (χ0) is 17.2. The quantitative estimate of drug-likeness (QED) is 0.917. The molecule has 2 aromatic rings. The number of nitrogens with zero attached hydrogens (tertiary/aromatic N) is 1. The highest BCUT2D eigenvalue weighted by molar-refractivity contribution is 7.17. The van der Waals surface area contributed by atoms with Gasteiger partial charge in [0.05, 0.1) is 4.88 Å². The van der Waals surface area contributed by atoms with Gasteiger partial charge in [-0.25, -0.2) is 0 Å². The van der Waals surface area contributed by atoms with Crippen LogP contribution in [0.3, 0.4) is 0 Å². The van der Waals surface area contributed by atoms with Crippen molar-refractivity contribution in [1.29, 1.82) is 0 Å². The fourth-order valence-corrected chi connectivity index (χ4v) is 3.43. The van der Waals surface area contributed by atoms with Gasteiger partial charge in [-0.3, -0.25) is 4.79 Å². The zero-order valence-corrected chi connectivity index (χ0v) is 13.4. The van der Waals surface area contributed by atoms with Gasteiger partial charge in [-0.15, -0.1) is 24.5 Å². The van der Waals surface area contributed by atoms with Crippen molar-refractivity contribution in [3.8, 4) is 16.2 Å². The molecule has 128 valence electrons. The van der Waals surface area contributed by atoms with Crippen LogP contribution < -0.4 is 10.1 Å². The van der Waals surface area contributed by atoms with E-state index in [2.05, 4.69) is 10.1 Å². The van der Waals surface area contributed by atoms with Gasteiger partial charge in [0.15, 0.2) is 0 Å². The summed E-state index contributed by atoms with van der Waals surface area (Å²) in [5, 5.41) is 3.19. The highest BCUT2D eigenvalue weighted by Crippen LogP contribution is 2.31. The molecule has 0 radical (unpaired) electrons. The summed E-state index contributed by atoms with van der Waals surface area (Å²) in [5.74, 6) is -0.273. The number of hydrogen-bond acceptors (Lipinski definition) is 4. The van der Waals surface area contributed by atoms with Crippen LogP contribution in [0, 0.1) is 0 Å². The zero-order valence-electron chi connectivity index (χ0n) is 12.6. The maximum Gasteiger partial charge on any atom is 0.573 e. The van der Waals surface area contributed by atoms with Gasteiger partial charge in [0.1, 0.15) is 5.75 Å². The van der Waals surface area contributed by atoms with E-state index in [0.717, 1.165) is 23.5 Å². The Kier molecular flexibility index (Phi) is 4.77. The van der Waals surface area contributed by atoms with Crippen molar-refractivity contribution < 1.29 is 22.7 Å². The number of nitrogens with one attached hydrogen (secondary N) is 1. The SMILES string of the molecule is O=C(c1ccc(-c2ccc(OC(F)(F)F)cc2)s1)N1CCNCC1. The average molecular weight is 356 g/mol. The number of ether oxygens (including phenoxy) is 1. The lowest BCUT2D eigenvalue weighted by atomic mass is 10.2. The molecule has 1 N–H and O–H groups in total. The lowest BCUT2D eigenvalue weighted by molar-refractivity contribution is -0.274. The highest BCUT2D eigenvalue weighted by Gasteiger charge is 2.31. The molecule has 0 aliphatic carbocycles. The second-order valence-corrected chi connectivity index (χ2v) is 6.36. The van der Waals surface area contributed by atoms with Crippen molar-refractivity contribution in [2.24, 2.45) is 0 Å². The van der Waals surface area contributed by atoms with Crippen LogP contribution in [0.25, 0.3) is 10.4 Å². The van der Waals surface area contributed by atoms with Gasteiger partial charge in [-0.1, -0.05) is 0 Å². The Morgan fingerprint density at radius 2 is 1.75 bits per heavy atom. The minimum Gasteiger partial charge on any atom is -0.406 e. The fourth-order valence-electron chi connectivity index (χ4n) is 2.45. The summed E-state index contributed by atoms with van der Waals surface area (Å²) in [6.07, 6.45) is -4.70. The van der Waals surface area contributed by atoms with Crippen molar-refractivity contribution >= 4 is 17.2 Å². The Labute approximate surface area is 140 Å². The number of carbonyl (C=O) groups is 1. The number of rotatable bonds is 3. The Morgan fingerprint density at radius 1 is 1.08 bits per heavy atom. The van der Waals surface area contributed by atoms with E-state index < -0.39 is 6.36 Å². The number of hydrogen-bond donors (Lipinski definition) is 1. The first-order valence-corrected chi connectivity index (χ1v) is 8.20. The number of halogens is 3. The third-order valence-corrected chi connectivity index (χ3v) is 4.72. The molecule has 24 heavy (non-hydrogen) atoms. The minimum atomic E-state index is -4.70. The number of thiophene rings is 1. The molecular weight excluding hydrogens is 341 g/mol. The molecule has 0 saturated carbocycles. The monoisotopic (exact) mass is 356 g/mol. The van der Waals surface area contributed by atoms with Crippen LogP contribution in [0.5, 0.6) is 5.75 Å². The third kappa shape index (κ3) is 4.07. The van der Waals surface area contributed by atoms with Crippen molar-refractivity contribution in [1.82, 2.24) is 10.2 Å². The van der Waals surface area contributed by atoms with Gasteiger partial charge in [-0.2, -0.15) is 0 Å². The van der Waals surface area contributed by atoms with E-state index in [4.69, 9.17) is 0 Å². The molecule has 3 rings (SSSR count). The first-order valence-electron chi connectivity index (χ1n) is 7.38. The number of carbonyl (C=O) groups excluding carboxylic acids is 1. The summed E-state index contributed by atoms with van der Waals surface area (Å²) >= 11 is 1.33. The van der Waals surface area contributed by atoms with E-state index in [1.807, 2.05) is 0 Å². The summed E-state index contributed by atoms with van der Waals surface area (Å²) in [6, 6.07) is 9.18. The second-order valence-electron chi connectivity index (χ2n) is 5.28. The van der Waals surface area contributed by atoms with E-state index in [1.165, 1.54) is 23.5 Å². The van der Waals surface area contributed by atoms with Crippen molar-refractivity contribution in [2.45, 2.75) is 6.36 Å². The maximum absolute atomic E-state index is 12.4. The van der Waals surface area contributed by atoms with Crippen molar-refractivity contribution in [2.75, 3.05) is 26.2 Å². The molecule has 0 spiro atoms. The van der Waals surface area contributed by atoms with Crippen LogP contribution in [-0.2, 0) is 0 Å². The van der Waals surface area contributed by atoms with Gasteiger partial charge in [0, 0.05) is 31.1 Å². The Balaban J connectivity index is 1.72. The van der Waals surface area contributed by atoms with Crippen LogP contribution in [0.4, 0.5) is 13.2 Å². The van der Waals surface area contributed by atoms with Gasteiger partial charge in [0.2, 0.25) is 0 Å². The van der Waals surface area contributed by atoms with E-state index >= 15 is 0 Å². The summed E-state index contributed by atoms with van der Waals surface area (Å²) < 4.78 is 40.4. The molecular formula is C16H15F3N2O2S. The molecule has 1 saturated heterocycles. The number of amides is 1. The Morgan fingerprint density at radius 3 is 2.38 bits per heavy atom. The second kappa shape index (κ2) is 6.82. The van der Waals surface area contributed by atoms with Crippen LogP contribution in [0.15, 0.2) is 36.4 Å². The molecule has 1 fully saturated rings. The topological polar surface area (TPSA) is 41.6 Å². The molecule has 8 heteroatoms. The van der Waals surface area contributed by atoms with Gasteiger partial charge >= 0.3 is 6.36 Å². The van der Waals surface area contributed by atoms with Gasteiger partial charge in [-0.05, 0) is 42.0 Å². The van der Waals surface area contributed by atoms with Crippen LogP contribution in [0.1, 0.15) is 9.67 Å². The molecule has 0 atom stereocenters. The first kappa shape index (κ1) is 16.8. The molecule has 1 aromatic carbocycles. The minimum absolute atomic E-state index is 0.00947. The van der Waals surface area contributed by atoms with E-state index in [9.17, 15) is 18.0 Å². The van der Waals surface area contributed by atoms with Crippen molar-refractivity contribution in [3.05, 3.63) is 41.3 Å². The standard InChI is InChI=1S/C16H15F3N2O2S/c17-16(18,19)23-12-3-1-11(2-4-12)13-5-6-14(24-13)15(22)21-9-7-20-8-10-21/h1-6,20H,7-10H2. The maximum atomic E-state index is 12.4. The predicted molar refractivity (Wildman–Crippen MR) is 85.2 cm³/mol. The smallest absolute Gasteiger partial charge is 0.406 e. The number of alkyl halides is 3. The van der Waals surface area contributed by atoms with E-state index in [0.29, 0.717) is 18.0 Å². The van der Waals surface area contributed by atoms with Crippen molar-refractivity contribution in [3.63, 3.8) is 0 Å². The fraction of sp³-hybridized carbons (Fsp3) is 0.312. The average Bonchev–Trinajstić information content (AvgIpc) is 3.04. The van der Waals surface area contributed by atoms with Crippen LogP contribution >= 0.6 is 11.3 Å². The lowest BCUT2D eigenvalue weighted by Gasteiger charge is -2.26. The molecule has 0 bridgehead atoms. The van der Waals surface area contributed by atoms with Gasteiger partial charge in [0.25, 0.3) is 5.91 Å². The van der Waals surface area contributed by atoms with E-state index in [-0.39, 0.29) is 11.7 Å². The molecule has 1 aliphatic heterocycles. The number of benzene rings is 1. The summed E-state index contributed by atoms with van der Waals surface area (Å²) in [6.45, 7) is 2.92. The number of piperazine rings is 1. The normalized spacial score (nSPS) is 15.4. The molecule has 1 aromatic heterocycles. The molecule has 4 nitrogen and oxygen atoms in total. The summed E-state index contributed by atoms with van der Waals surface area (Å²) in [7, 11) is 0.